The standard InChI is InChI=1S/C18H23N5O3S2/c1-11-10-26-8-7-23(11)14-9-12(18(2,3)28(4,24)25)17-16(20-14)15(22-27-17)13-5-6-19-21-13/h5-6,9,11H,7-8,10H2,1-4H3,(H,19,21). The first-order valence-electron chi connectivity index (χ1n) is 9.05. The highest BCUT2D eigenvalue weighted by molar-refractivity contribution is 7.91. The van der Waals surface area contributed by atoms with Crippen LogP contribution in [0.2, 0.25) is 0 Å². The molecule has 0 bridgehead atoms. The number of hydrogen-bond donors (Lipinski definition) is 1. The van der Waals surface area contributed by atoms with E-state index >= 15 is 0 Å². The average molecular weight is 422 g/mol. The molecule has 1 atom stereocenters. The van der Waals surface area contributed by atoms with Crippen LogP contribution in [0.4, 0.5) is 5.82 Å². The van der Waals surface area contributed by atoms with E-state index in [9.17, 15) is 8.42 Å². The van der Waals surface area contributed by atoms with Gasteiger partial charge in [-0.2, -0.15) is 9.47 Å². The number of rotatable bonds is 4. The van der Waals surface area contributed by atoms with Gasteiger partial charge in [-0.05, 0) is 50.0 Å². The number of nitrogens with one attached hydrogen (secondary N) is 1. The number of anilines is 1. The number of hydrogen-bond acceptors (Lipinski definition) is 8. The Morgan fingerprint density at radius 2 is 2.18 bits per heavy atom. The number of nitrogens with zero attached hydrogens (tertiary/aromatic N) is 4. The molecule has 3 aromatic rings. The summed E-state index contributed by atoms with van der Waals surface area (Å²) in [5.74, 6) is 0.746. The number of aromatic amines is 1. The highest BCUT2D eigenvalue weighted by Crippen LogP contribution is 2.41. The van der Waals surface area contributed by atoms with Crippen LogP contribution in [-0.2, 0) is 19.3 Å². The number of pyridine rings is 1. The van der Waals surface area contributed by atoms with Crippen molar-refractivity contribution in [3.63, 3.8) is 0 Å². The zero-order chi connectivity index (χ0) is 20.1. The van der Waals surface area contributed by atoms with Crippen LogP contribution < -0.4 is 4.90 Å². The molecular formula is C18H23N5O3S2. The van der Waals surface area contributed by atoms with Gasteiger partial charge in [-0.25, -0.2) is 13.4 Å². The van der Waals surface area contributed by atoms with Gasteiger partial charge in [0, 0.05) is 19.0 Å². The molecule has 0 aromatic carbocycles. The van der Waals surface area contributed by atoms with Crippen molar-refractivity contribution in [1.82, 2.24) is 19.6 Å². The van der Waals surface area contributed by atoms with E-state index in [0.29, 0.717) is 31.0 Å². The van der Waals surface area contributed by atoms with Crippen LogP contribution in [0.5, 0.6) is 0 Å². The molecule has 150 valence electrons. The molecule has 0 aliphatic carbocycles. The van der Waals surface area contributed by atoms with Gasteiger partial charge < -0.3 is 9.64 Å². The third-order valence-corrected chi connectivity index (χ3v) is 8.35. The summed E-state index contributed by atoms with van der Waals surface area (Å²) in [6.07, 6.45) is 2.93. The maximum Gasteiger partial charge on any atom is 0.156 e. The minimum Gasteiger partial charge on any atom is -0.377 e. The average Bonchev–Trinajstić information content (AvgIpc) is 3.29. The van der Waals surface area contributed by atoms with E-state index in [1.807, 2.05) is 12.1 Å². The van der Waals surface area contributed by atoms with E-state index in [4.69, 9.17) is 9.72 Å². The van der Waals surface area contributed by atoms with Crippen molar-refractivity contribution in [2.75, 3.05) is 30.9 Å². The summed E-state index contributed by atoms with van der Waals surface area (Å²) in [6.45, 7) is 7.48. The third-order valence-electron chi connectivity index (χ3n) is 5.41. The van der Waals surface area contributed by atoms with Gasteiger partial charge in [0.1, 0.15) is 17.0 Å². The number of morpholine rings is 1. The van der Waals surface area contributed by atoms with Gasteiger partial charge in [0.25, 0.3) is 0 Å². The second-order valence-corrected chi connectivity index (χ2v) is 10.9. The number of aromatic nitrogens is 4. The predicted octanol–water partition coefficient (Wildman–Crippen LogP) is 2.59. The van der Waals surface area contributed by atoms with Crippen molar-refractivity contribution in [3.8, 4) is 11.4 Å². The van der Waals surface area contributed by atoms with Crippen molar-refractivity contribution in [2.45, 2.75) is 31.6 Å². The normalized spacial score (nSPS) is 18.7. The topological polar surface area (TPSA) is 101 Å². The Kier molecular flexibility index (Phi) is 4.67. The predicted molar refractivity (Wildman–Crippen MR) is 110 cm³/mol. The number of ether oxygens (including phenoxy) is 1. The fourth-order valence-corrected chi connectivity index (χ4v) is 4.97. The number of H-pyrrole nitrogens is 1. The highest BCUT2D eigenvalue weighted by Gasteiger charge is 2.36. The van der Waals surface area contributed by atoms with Crippen molar-refractivity contribution in [3.05, 3.63) is 23.9 Å². The zero-order valence-electron chi connectivity index (χ0n) is 16.3. The lowest BCUT2D eigenvalue weighted by Crippen LogP contribution is -2.44. The summed E-state index contributed by atoms with van der Waals surface area (Å²) in [7, 11) is -3.36. The SMILES string of the molecule is CC1COCCN1c1cc(C(C)(C)S(C)(=O)=O)c2snc(-c3ccn[nH]3)c2n1. The molecule has 1 aliphatic heterocycles. The number of fused-ring (bicyclic) bond motifs is 1. The Morgan fingerprint density at radius 1 is 1.39 bits per heavy atom. The van der Waals surface area contributed by atoms with Crippen molar-refractivity contribution < 1.29 is 13.2 Å². The first-order chi connectivity index (χ1) is 13.2. The van der Waals surface area contributed by atoms with Gasteiger partial charge >= 0.3 is 0 Å². The lowest BCUT2D eigenvalue weighted by Gasteiger charge is -2.35. The second-order valence-electron chi connectivity index (χ2n) is 7.61. The van der Waals surface area contributed by atoms with Gasteiger partial charge in [0.05, 0.1) is 34.4 Å². The van der Waals surface area contributed by atoms with E-state index in [0.717, 1.165) is 21.8 Å². The monoisotopic (exact) mass is 421 g/mol. The van der Waals surface area contributed by atoms with Gasteiger partial charge in [-0.3, -0.25) is 5.10 Å². The highest BCUT2D eigenvalue weighted by atomic mass is 32.2. The summed E-state index contributed by atoms with van der Waals surface area (Å²) < 4.78 is 35.0. The summed E-state index contributed by atoms with van der Waals surface area (Å²) in [5, 5.41) is 6.94. The van der Waals surface area contributed by atoms with E-state index in [-0.39, 0.29) is 6.04 Å². The lowest BCUT2D eigenvalue weighted by molar-refractivity contribution is 0.0985. The van der Waals surface area contributed by atoms with Crippen molar-refractivity contribution in [2.24, 2.45) is 0 Å². The summed E-state index contributed by atoms with van der Waals surface area (Å²) >= 11 is 1.27. The molecule has 3 aromatic heterocycles. The minimum atomic E-state index is -3.36. The summed E-state index contributed by atoms with van der Waals surface area (Å²) in [4.78, 5) is 7.06. The molecule has 4 rings (SSSR count). The van der Waals surface area contributed by atoms with E-state index in [1.54, 1.807) is 20.0 Å². The van der Waals surface area contributed by atoms with Gasteiger partial charge in [0.15, 0.2) is 9.84 Å². The lowest BCUT2D eigenvalue weighted by atomic mass is 10.0. The molecule has 28 heavy (non-hydrogen) atoms. The van der Waals surface area contributed by atoms with Crippen molar-refractivity contribution >= 4 is 37.4 Å². The smallest absolute Gasteiger partial charge is 0.156 e. The fraction of sp³-hybridized carbons (Fsp3) is 0.500. The molecule has 8 nitrogen and oxygen atoms in total. The molecule has 0 amide bonds. The molecular weight excluding hydrogens is 398 g/mol. The van der Waals surface area contributed by atoms with E-state index in [1.165, 1.54) is 17.8 Å². The number of sulfone groups is 1. The fourth-order valence-electron chi connectivity index (χ4n) is 3.33. The van der Waals surface area contributed by atoms with Crippen LogP contribution in [0.25, 0.3) is 21.6 Å². The maximum atomic E-state index is 12.6. The summed E-state index contributed by atoms with van der Waals surface area (Å²) in [5.41, 5.74) is 2.86. The molecule has 0 radical (unpaired) electrons. The molecule has 10 heteroatoms. The largest absolute Gasteiger partial charge is 0.377 e. The Hall–Kier alpha value is -2.04. The molecule has 1 fully saturated rings. The Bertz CT molecular complexity index is 1110. The van der Waals surface area contributed by atoms with E-state index in [2.05, 4.69) is 26.4 Å². The maximum absolute atomic E-state index is 12.6. The van der Waals surface area contributed by atoms with Gasteiger partial charge in [0.2, 0.25) is 0 Å². The molecule has 1 saturated heterocycles. The van der Waals surface area contributed by atoms with Crippen LogP contribution in [0, 0.1) is 0 Å². The molecule has 1 N–H and O–H groups in total. The Labute approximate surface area is 168 Å². The van der Waals surface area contributed by atoms with E-state index < -0.39 is 14.6 Å². The molecule has 1 aliphatic rings. The van der Waals surface area contributed by atoms with Crippen LogP contribution in [0.1, 0.15) is 26.3 Å². The molecule has 0 spiro atoms. The van der Waals surface area contributed by atoms with Crippen LogP contribution in [0.15, 0.2) is 18.3 Å². The molecule has 0 saturated carbocycles. The van der Waals surface area contributed by atoms with Crippen molar-refractivity contribution in [1.29, 1.82) is 0 Å². The zero-order valence-corrected chi connectivity index (χ0v) is 17.9. The quantitative estimate of drug-likeness (QED) is 0.691. The second kappa shape index (κ2) is 6.78. The molecule has 4 heterocycles. The third kappa shape index (κ3) is 3.09. The Morgan fingerprint density at radius 3 is 2.82 bits per heavy atom. The summed E-state index contributed by atoms with van der Waals surface area (Å²) in [6, 6.07) is 3.89. The van der Waals surface area contributed by atoms with Gasteiger partial charge in [-0.1, -0.05) is 0 Å². The van der Waals surface area contributed by atoms with Crippen LogP contribution >= 0.6 is 11.5 Å². The van der Waals surface area contributed by atoms with Crippen LogP contribution in [0.3, 0.4) is 0 Å². The van der Waals surface area contributed by atoms with Crippen LogP contribution in [-0.4, -0.2) is 60.0 Å². The molecule has 1 unspecified atom stereocenters. The first-order valence-corrected chi connectivity index (χ1v) is 11.7. The first kappa shape index (κ1) is 19.3. The minimum absolute atomic E-state index is 0.148. The van der Waals surface area contributed by atoms with Gasteiger partial charge in [-0.15, -0.1) is 0 Å². The Balaban J connectivity index is 1.99.